The van der Waals surface area contributed by atoms with Crippen LogP contribution in [-0.2, 0) is 17.9 Å². The molecular weight excluding hydrogens is 423 g/mol. The van der Waals surface area contributed by atoms with Crippen LogP contribution in [0.2, 0.25) is 5.15 Å². The zero-order valence-corrected chi connectivity index (χ0v) is 16.2. The number of esters is 1. The molecule has 0 unspecified atom stereocenters. The van der Waals surface area contributed by atoms with E-state index in [-0.39, 0.29) is 22.9 Å². The molecule has 7 heteroatoms. The molecule has 26 heavy (non-hydrogen) atoms. The third-order valence-corrected chi connectivity index (χ3v) is 4.70. The van der Waals surface area contributed by atoms with Gasteiger partial charge in [0.2, 0.25) is 0 Å². The summed E-state index contributed by atoms with van der Waals surface area (Å²) < 4.78 is 21.2. The van der Waals surface area contributed by atoms with Crippen molar-refractivity contribution in [2.75, 3.05) is 0 Å². The van der Waals surface area contributed by atoms with Gasteiger partial charge >= 0.3 is 5.97 Å². The van der Waals surface area contributed by atoms with E-state index in [9.17, 15) is 9.18 Å². The summed E-state index contributed by atoms with van der Waals surface area (Å²) in [7, 11) is 0. The Hall–Kier alpha value is -2.18. The minimum absolute atomic E-state index is 0.183. The standard InChI is InChI=1S/C19H15BrClFN2O2/c1-12-17(18(21)24(23-12)10-13-5-3-2-4-6-13)19(25)26-11-14-7-8-15(20)9-16(14)22/h2-9H,10-11H2,1H3. The first-order chi connectivity index (χ1) is 12.5. The molecule has 0 aliphatic carbocycles. The van der Waals surface area contributed by atoms with Crippen LogP contribution >= 0.6 is 27.5 Å². The van der Waals surface area contributed by atoms with E-state index in [1.54, 1.807) is 23.7 Å². The van der Waals surface area contributed by atoms with Gasteiger partial charge < -0.3 is 4.74 Å². The van der Waals surface area contributed by atoms with E-state index in [4.69, 9.17) is 16.3 Å². The van der Waals surface area contributed by atoms with Crippen LogP contribution in [0.5, 0.6) is 0 Å². The molecule has 3 rings (SSSR count). The average molecular weight is 438 g/mol. The van der Waals surface area contributed by atoms with E-state index in [1.807, 2.05) is 30.3 Å². The first kappa shape index (κ1) is 18.6. The number of hydrogen-bond donors (Lipinski definition) is 0. The quantitative estimate of drug-likeness (QED) is 0.518. The Kier molecular flexibility index (Phi) is 5.74. The van der Waals surface area contributed by atoms with Crippen LogP contribution < -0.4 is 0 Å². The number of rotatable bonds is 5. The van der Waals surface area contributed by atoms with Crippen molar-refractivity contribution in [2.45, 2.75) is 20.1 Å². The summed E-state index contributed by atoms with van der Waals surface area (Å²) in [5.41, 5.74) is 1.95. The third-order valence-electron chi connectivity index (χ3n) is 3.82. The summed E-state index contributed by atoms with van der Waals surface area (Å²) in [5, 5.41) is 4.52. The Labute approximate surface area is 163 Å². The van der Waals surface area contributed by atoms with Gasteiger partial charge in [-0.3, -0.25) is 0 Å². The molecular formula is C19H15BrClFN2O2. The molecule has 0 aliphatic rings. The monoisotopic (exact) mass is 436 g/mol. The van der Waals surface area contributed by atoms with Crippen molar-refractivity contribution in [3.8, 4) is 0 Å². The minimum atomic E-state index is -0.630. The van der Waals surface area contributed by atoms with E-state index in [1.165, 1.54) is 6.07 Å². The lowest BCUT2D eigenvalue weighted by Crippen LogP contribution is -2.08. The second kappa shape index (κ2) is 8.01. The molecule has 0 spiro atoms. The molecule has 0 aliphatic heterocycles. The summed E-state index contributed by atoms with van der Waals surface area (Å²) in [6.45, 7) is 1.94. The van der Waals surface area contributed by atoms with Crippen molar-refractivity contribution in [3.63, 3.8) is 0 Å². The van der Waals surface area contributed by atoms with Crippen molar-refractivity contribution in [1.29, 1.82) is 0 Å². The van der Waals surface area contributed by atoms with Gasteiger partial charge in [0, 0.05) is 10.0 Å². The summed E-state index contributed by atoms with van der Waals surface area (Å²) in [6.07, 6.45) is 0. The Balaban J connectivity index is 1.75. The molecule has 0 amide bonds. The SMILES string of the molecule is Cc1nn(Cc2ccccc2)c(Cl)c1C(=O)OCc1ccc(Br)cc1F. The number of nitrogens with zero attached hydrogens (tertiary/aromatic N) is 2. The van der Waals surface area contributed by atoms with E-state index in [0.717, 1.165) is 5.56 Å². The number of ether oxygens (including phenoxy) is 1. The van der Waals surface area contributed by atoms with E-state index >= 15 is 0 Å². The molecule has 0 N–H and O–H groups in total. The van der Waals surface area contributed by atoms with Gasteiger partial charge in [0.25, 0.3) is 0 Å². The van der Waals surface area contributed by atoms with Crippen LogP contribution in [0.3, 0.4) is 0 Å². The van der Waals surface area contributed by atoms with Crippen LogP contribution in [0.1, 0.15) is 27.2 Å². The van der Waals surface area contributed by atoms with Crippen molar-refractivity contribution in [2.24, 2.45) is 0 Å². The lowest BCUT2D eigenvalue weighted by atomic mass is 10.2. The van der Waals surface area contributed by atoms with Crippen LogP contribution in [-0.4, -0.2) is 15.7 Å². The van der Waals surface area contributed by atoms with Crippen LogP contribution in [0.15, 0.2) is 53.0 Å². The lowest BCUT2D eigenvalue weighted by molar-refractivity contribution is 0.0468. The lowest BCUT2D eigenvalue weighted by Gasteiger charge is -2.07. The summed E-state index contributed by atoms with van der Waals surface area (Å²) in [5.74, 6) is -1.08. The number of aryl methyl sites for hydroxylation is 1. The van der Waals surface area contributed by atoms with Crippen molar-refractivity contribution in [1.82, 2.24) is 9.78 Å². The Bertz CT molecular complexity index is 944. The number of aromatic nitrogens is 2. The normalized spacial score (nSPS) is 10.8. The van der Waals surface area contributed by atoms with Crippen molar-refractivity contribution >= 4 is 33.5 Å². The molecule has 0 atom stereocenters. The van der Waals surface area contributed by atoms with Gasteiger partial charge in [0.15, 0.2) is 0 Å². The number of benzene rings is 2. The van der Waals surface area contributed by atoms with Gasteiger partial charge in [-0.15, -0.1) is 0 Å². The molecule has 0 saturated carbocycles. The van der Waals surface area contributed by atoms with Crippen LogP contribution in [0, 0.1) is 12.7 Å². The maximum Gasteiger partial charge on any atom is 0.343 e. The van der Waals surface area contributed by atoms with Gasteiger partial charge in [-0.1, -0.05) is 63.9 Å². The van der Waals surface area contributed by atoms with Crippen molar-refractivity contribution in [3.05, 3.63) is 86.4 Å². The highest BCUT2D eigenvalue weighted by atomic mass is 79.9. The number of halogens is 3. The fraction of sp³-hybridized carbons (Fsp3) is 0.158. The van der Waals surface area contributed by atoms with Crippen molar-refractivity contribution < 1.29 is 13.9 Å². The zero-order chi connectivity index (χ0) is 18.7. The molecule has 1 aromatic heterocycles. The molecule has 134 valence electrons. The van der Waals surface area contributed by atoms with Gasteiger partial charge in [-0.05, 0) is 24.6 Å². The van der Waals surface area contributed by atoms with Gasteiger partial charge in [0.1, 0.15) is 23.1 Å². The van der Waals surface area contributed by atoms with Gasteiger partial charge in [-0.2, -0.15) is 5.10 Å². The van der Waals surface area contributed by atoms with E-state index in [2.05, 4.69) is 21.0 Å². The molecule has 0 saturated heterocycles. The molecule has 3 aromatic rings. The van der Waals surface area contributed by atoms with Crippen LogP contribution in [0.25, 0.3) is 0 Å². The Morgan fingerprint density at radius 2 is 2.00 bits per heavy atom. The smallest absolute Gasteiger partial charge is 0.343 e. The molecule has 0 bridgehead atoms. The maximum atomic E-state index is 13.8. The van der Waals surface area contributed by atoms with Crippen LogP contribution in [0.4, 0.5) is 4.39 Å². The topological polar surface area (TPSA) is 44.1 Å². The first-order valence-corrected chi connectivity index (χ1v) is 9.00. The highest BCUT2D eigenvalue weighted by Gasteiger charge is 2.22. The fourth-order valence-corrected chi connectivity index (χ4v) is 3.15. The molecule has 1 heterocycles. The average Bonchev–Trinajstić information content (AvgIpc) is 2.88. The van der Waals surface area contributed by atoms with E-state index in [0.29, 0.717) is 16.7 Å². The highest BCUT2D eigenvalue weighted by molar-refractivity contribution is 9.10. The predicted octanol–water partition coefficient (Wildman–Crippen LogP) is 5.15. The molecule has 4 nitrogen and oxygen atoms in total. The summed E-state index contributed by atoms with van der Waals surface area (Å²) >= 11 is 9.51. The third kappa shape index (κ3) is 4.14. The second-order valence-corrected chi connectivity index (χ2v) is 6.98. The van der Waals surface area contributed by atoms with E-state index < -0.39 is 11.8 Å². The summed E-state index contributed by atoms with van der Waals surface area (Å²) in [4.78, 5) is 12.4. The Morgan fingerprint density at radius 3 is 2.69 bits per heavy atom. The molecule has 0 radical (unpaired) electrons. The number of carbonyl (C=O) groups is 1. The summed E-state index contributed by atoms with van der Waals surface area (Å²) in [6, 6.07) is 14.2. The van der Waals surface area contributed by atoms with Gasteiger partial charge in [0.05, 0.1) is 12.2 Å². The fourth-order valence-electron chi connectivity index (χ4n) is 2.50. The number of hydrogen-bond acceptors (Lipinski definition) is 3. The zero-order valence-electron chi connectivity index (χ0n) is 13.9. The maximum absolute atomic E-state index is 13.8. The highest BCUT2D eigenvalue weighted by Crippen LogP contribution is 2.23. The second-order valence-electron chi connectivity index (χ2n) is 5.71. The Morgan fingerprint density at radius 1 is 1.27 bits per heavy atom. The molecule has 0 fully saturated rings. The largest absolute Gasteiger partial charge is 0.457 e. The van der Waals surface area contributed by atoms with Gasteiger partial charge in [-0.25, -0.2) is 13.9 Å². The number of carbonyl (C=O) groups excluding carboxylic acids is 1. The minimum Gasteiger partial charge on any atom is -0.457 e. The molecule has 2 aromatic carbocycles. The predicted molar refractivity (Wildman–Crippen MR) is 101 cm³/mol. The first-order valence-electron chi connectivity index (χ1n) is 7.83.